The molecule has 25 heavy (non-hydrogen) atoms. The van der Waals surface area contributed by atoms with Gasteiger partial charge < -0.3 is 15.5 Å². The lowest BCUT2D eigenvalue weighted by atomic mass is 10.0. The van der Waals surface area contributed by atoms with Crippen LogP contribution in [0.2, 0.25) is 0 Å². The average molecular weight is 376 g/mol. The van der Waals surface area contributed by atoms with Gasteiger partial charge in [-0.2, -0.15) is 0 Å². The molecule has 0 aromatic heterocycles. The number of carbonyl (C=O) groups excluding carboxylic acids is 1. The van der Waals surface area contributed by atoms with Gasteiger partial charge in [-0.3, -0.25) is 4.79 Å². The summed E-state index contributed by atoms with van der Waals surface area (Å²) in [5, 5.41) is 21.6. The Balaban J connectivity index is 3.54. The Morgan fingerprint density at radius 2 is 1.52 bits per heavy atom. The number of aliphatic hydroxyl groups is 2. The third-order valence-corrected chi connectivity index (χ3v) is 4.63. The maximum Gasteiger partial charge on any atom is 0.235 e. The first kappa shape index (κ1) is 24.4. The van der Waals surface area contributed by atoms with Crippen molar-refractivity contribution in [3.8, 4) is 0 Å². The van der Waals surface area contributed by atoms with Crippen molar-refractivity contribution in [2.24, 2.45) is 0 Å². The molecule has 0 unspecified atom stereocenters. The van der Waals surface area contributed by atoms with Crippen LogP contribution in [0.1, 0.15) is 84.0 Å². The molecule has 148 valence electrons. The van der Waals surface area contributed by atoms with Gasteiger partial charge >= 0.3 is 0 Å². The molecule has 0 rings (SSSR count). The molecule has 0 radical (unpaired) electrons. The van der Waals surface area contributed by atoms with Crippen molar-refractivity contribution in [3.05, 3.63) is 12.2 Å². The van der Waals surface area contributed by atoms with Crippen LogP contribution in [0.4, 0.5) is 0 Å². The third-order valence-electron chi connectivity index (χ3n) is 4.38. The van der Waals surface area contributed by atoms with E-state index in [1.54, 1.807) is 6.08 Å². The minimum absolute atomic E-state index is 0.175. The van der Waals surface area contributed by atoms with Crippen LogP contribution < -0.4 is 5.32 Å². The van der Waals surface area contributed by atoms with Gasteiger partial charge in [-0.1, -0.05) is 83.3 Å². The van der Waals surface area contributed by atoms with Crippen molar-refractivity contribution in [2.75, 3.05) is 12.5 Å². The summed E-state index contributed by atoms with van der Waals surface area (Å²) in [4.78, 5) is 11.2. The molecule has 0 saturated carbocycles. The van der Waals surface area contributed by atoms with E-state index < -0.39 is 18.1 Å². The number of amides is 1. The molecule has 5 heteroatoms. The molecule has 0 aliphatic carbocycles. The summed E-state index contributed by atoms with van der Waals surface area (Å²) in [5.41, 5.74) is 0. The molecule has 0 saturated heterocycles. The summed E-state index contributed by atoms with van der Waals surface area (Å²) in [6.45, 7) is 1.94. The number of aliphatic hydroxyl groups excluding tert-OH is 2. The van der Waals surface area contributed by atoms with Gasteiger partial charge in [0.25, 0.3) is 0 Å². The molecule has 0 bridgehead atoms. The third kappa shape index (κ3) is 15.4. The van der Waals surface area contributed by atoms with Crippen LogP contribution in [0.15, 0.2) is 12.2 Å². The van der Waals surface area contributed by atoms with Crippen LogP contribution in [0.25, 0.3) is 0 Å². The Morgan fingerprint density at radius 3 is 2.00 bits per heavy atom. The van der Waals surface area contributed by atoms with E-state index in [0.717, 1.165) is 12.8 Å². The summed E-state index contributed by atoms with van der Waals surface area (Å²) < 4.78 is 0. The largest absolute Gasteiger partial charge is 0.394 e. The maximum absolute atomic E-state index is 11.2. The van der Waals surface area contributed by atoms with Crippen molar-refractivity contribution in [3.63, 3.8) is 0 Å². The Hall–Kier alpha value is -0.580. The van der Waals surface area contributed by atoms with Crippen molar-refractivity contribution in [1.82, 2.24) is 5.32 Å². The fourth-order valence-corrected chi connectivity index (χ4v) is 2.86. The Bertz CT molecular complexity index is 337. The highest BCUT2D eigenvalue weighted by Gasteiger charge is 2.17. The van der Waals surface area contributed by atoms with E-state index >= 15 is 0 Å². The lowest BCUT2D eigenvalue weighted by Gasteiger charge is -2.19. The monoisotopic (exact) mass is 375 g/mol. The quantitative estimate of drug-likeness (QED) is 0.201. The zero-order chi connectivity index (χ0) is 18.8. The van der Waals surface area contributed by atoms with E-state index in [1.807, 2.05) is 6.08 Å². The second kappa shape index (κ2) is 18.2. The van der Waals surface area contributed by atoms with Gasteiger partial charge in [-0.25, -0.2) is 0 Å². The number of hydrogen-bond acceptors (Lipinski definition) is 3. The summed E-state index contributed by atoms with van der Waals surface area (Å²) in [6, 6.07) is -0.695. The number of halogens is 1. The molecule has 0 aromatic rings. The number of allylic oxidation sites excluding steroid dienone is 1. The molecule has 0 fully saturated rings. The lowest BCUT2D eigenvalue weighted by molar-refractivity contribution is -0.120. The van der Waals surface area contributed by atoms with E-state index in [1.165, 1.54) is 64.2 Å². The fraction of sp³-hybridized carbons (Fsp3) is 0.850. The Kier molecular flexibility index (Phi) is 17.8. The molecule has 3 N–H and O–H groups in total. The van der Waals surface area contributed by atoms with Gasteiger partial charge in [0.15, 0.2) is 0 Å². The first-order valence-electron chi connectivity index (χ1n) is 9.96. The minimum Gasteiger partial charge on any atom is -0.394 e. The van der Waals surface area contributed by atoms with Gasteiger partial charge in [-0.05, 0) is 12.8 Å². The normalized spacial score (nSPS) is 13.9. The molecule has 1 amide bonds. The molecule has 0 aliphatic heterocycles. The number of unbranched alkanes of at least 4 members (excludes halogenated alkanes) is 11. The summed E-state index contributed by atoms with van der Waals surface area (Å²) in [5.74, 6) is -0.565. The van der Waals surface area contributed by atoms with Crippen molar-refractivity contribution in [1.29, 1.82) is 0 Å². The van der Waals surface area contributed by atoms with Gasteiger partial charge in [0.1, 0.15) is 5.88 Å². The molecular weight excluding hydrogens is 338 g/mol. The fourth-order valence-electron chi connectivity index (χ4n) is 2.78. The molecule has 4 nitrogen and oxygen atoms in total. The highest BCUT2D eigenvalue weighted by Crippen LogP contribution is 2.12. The lowest BCUT2D eigenvalue weighted by Crippen LogP contribution is -2.45. The molecule has 0 spiro atoms. The molecule has 2 atom stereocenters. The molecule has 0 aliphatic rings. The Morgan fingerprint density at radius 1 is 1.00 bits per heavy atom. The van der Waals surface area contributed by atoms with Crippen molar-refractivity contribution in [2.45, 2.75) is 96.1 Å². The zero-order valence-corrected chi connectivity index (χ0v) is 16.6. The molecule has 0 heterocycles. The van der Waals surface area contributed by atoms with Gasteiger partial charge in [0, 0.05) is 0 Å². The van der Waals surface area contributed by atoms with E-state index in [2.05, 4.69) is 12.2 Å². The predicted molar refractivity (Wildman–Crippen MR) is 106 cm³/mol. The highest BCUT2D eigenvalue weighted by molar-refractivity contribution is 6.27. The number of alkyl halides is 1. The van der Waals surface area contributed by atoms with Crippen LogP contribution in [-0.2, 0) is 4.79 Å². The Labute approximate surface area is 159 Å². The second-order valence-electron chi connectivity index (χ2n) is 6.73. The maximum atomic E-state index is 11.2. The summed E-state index contributed by atoms with van der Waals surface area (Å²) >= 11 is 5.40. The highest BCUT2D eigenvalue weighted by atomic mass is 35.5. The van der Waals surface area contributed by atoms with Crippen LogP contribution in [-0.4, -0.2) is 40.8 Å². The first-order valence-corrected chi connectivity index (χ1v) is 10.5. The van der Waals surface area contributed by atoms with E-state index in [9.17, 15) is 15.0 Å². The number of hydrogen-bond donors (Lipinski definition) is 3. The number of rotatable bonds is 17. The van der Waals surface area contributed by atoms with Gasteiger partial charge in [0.2, 0.25) is 5.91 Å². The van der Waals surface area contributed by atoms with Crippen molar-refractivity contribution < 1.29 is 15.0 Å². The van der Waals surface area contributed by atoms with Crippen LogP contribution in [0.3, 0.4) is 0 Å². The topological polar surface area (TPSA) is 69.6 Å². The van der Waals surface area contributed by atoms with Gasteiger partial charge in [0.05, 0.1) is 18.8 Å². The number of carbonyl (C=O) groups is 1. The second-order valence-corrected chi connectivity index (χ2v) is 7.00. The molecule has 0 aromatic carbocycles. The summed E-state index contributed by atoms with van der Waals surface area (Å²) in [7, 11) is 0. The predicted octanol–water partition coefficient (Wildman–Crippen LogP) is 4.32. The van der Waals surface area contributed by atoms with E-state index in [4.69, 9.17) is 11.6 Å². The average Bonchev–Trinajstić information content (AvgIpc) is 2.63. The van der Waals surface area contributed by atoms with E-state index in [-0.39, 0.29) is 12.5 Å². The van der Waals surface area contributed by atoms with Crippen LogP contribution >= 0.6 is 11.6 Å². The SMILES string of the molecule is CCCCCCCCCCCCCC=C[C@@H](O)[C@H](CO)NC(=O)CCl. The van der Waals surface area contributed by atoms with Crippen molar-refractivity contribution >= 4 is 17.5 Å². The molecular formula is C20H38ClNO3. The van der Waals surface area contributed by atoms with Crippen LogP contribution in [0.5, 0.6) is 0 Å². The first-order chi connectivity index (χ1) is 12.2. The van der Waals surface area contributed by atoms with E-state index in [0.29, 0.717) is 0 Å². The minimum atomic E-state index is -0.884. The van der Waals surface area contributed by atoms with Crippen LogP contribution in [0, 0.1) is 0 Å². The summed E-state index contributed by atoms with van der Waals surface area (Å²) in [6.07, 6.45) is 18.1. The smallest absolute Gasteiger partial charge is 0.235 e. The standard InChI is InChI=1S/C20H38ClNO3/c1-2-3-4-5-6-7-8-9-10-11-12-13-14-15-19(24)18(17-23)22-20(25)16-21/h14-15,18-19,23-24H,2-13,16-17H2,1H3,(H,22,25)/t18-,19+/m0/s1. The number of nitrogens with one attached hydrogen (secondary N) is 1. The van der Waals surface area contributed by atoms with Gasteiger partial charge in [-0.15, -0.1) is 11.6 Å². The zero-order valence-electron chi connectivity index (χ0n) is 15.9.